The summed E-state index contributed by atoms with van der Waals surface area (Å²) in [5.41, 5.74) is 0.557. The number of amides is 1. The fourth-order valence-electron chi connectivity index (χ4n) is 2.05. The zero-order chi connectivity index (χ0) is 13.8. The summed E-state index contributed by atoms with van der Waals surface area (Å²) in [5.74, 6) is 0.456. The number of halogens is 1. The Kier molecular flexibility index (Phi) is 4.76. The van der Waals surface area contributed by atoms with Crippen molar-refractivity contribution in [2.45, 2.75) is 19.4 Å². The third kappa shape index (κ3) is 3.45. The molecule has 0 radical (unpaired) electrons. The Hall–Kier alpha value is -1.14. The minimum atomic E-state index is -0.0202. The SMILES string of the molecule is COc1ncc(C(=O)N2CCCOC(C)C2)cc1Br. The van der Waals surface area contributed by atoms with Crippen LogP contribution in [0.1, 0.15) is 23.7 Å². The summed E-state index contributed by atoms with van der Waals surface area (Å²) in [4.78, 5) is 18.3. The molecule has 0 aliphatic carbocycles. The summed E-state index contributed by atoms with van der Waals surface area (Å²) in [7, 11) is 1.54. The lowest BCUT2D eigenvalue weighted by Crippen LogP contribution is -2.36. The van der Waals surface area contributed by atoms with Crippen LogP contribution >= 0.6 is 15.9 Å². The molecule has 5 nitrogen and oxygen atoms in total. The molecule has 0 bridgehead atoms. The van der Waals surface area contributed by atoms with E-state index in [-0.39, 0.29) is 12.0 Å². The van der Waals surface area contributed by atoms with Crippen molar-refractivity contribution in [1.29, 1.82) is 0 Å². The zero-order valence-electron chi connectivity index (χ0n) is 11.1. The fraction of sp³-hybridized carbons (Fsp3) is 0.538. The van der Waals surface area contributed by atoms with E-state index >= 15 is 0 Å². The summed E-state index contributed by atoms with van der Waals surface area (Å²) in [6.07, 6.45) is 2.48. The highest BCUT2D eigenvalue weighted by molar-refractivity contribution is 9.10. The number of aromatic nitrogens is 1. The fourth-order valence-corrected chi connectivity index (χ4v) is 2.56. The van der Waals surface area contributed by atoms with E-state index in [1.807, 2.05) is 11.8 Å². The lowest BCUT2D eigenvalue weighted by atomic mass is 10.2. The average Bonchev–Trinajstić information content (AvgIpc) is 2.62. The van der Waals surface area contributed by atoms with Crippen LogP contribution in [0, 0.1) is 0 Å². The van der Waals surface area contributed by atoms with Crippen molar-refractivity contribution in [2.75, 3.05) is 26.8 Å². The van der Waals surface area contributed by atoms with Gasteiger partial charge in [-0.05, 0) is 35.3 Å². The monoisotopic (exact) mass is 328 g/mol. The van der Waals surface area contributed by atoms with E-state index in [0.29, 0.717) is 35.6 Å². The van der Waals surface area contributed by atoms with E-state index in [4.69, 9.17) is 9.47 Å². The number of ether oxygens (including phenoxy) is 2. The Morgan fingerprint density at radius 3 is 3.11 bits per heavy atom. The second-order valence-electron chi connectivity index (χ2n) is 4.50. The van der Waals surface area contributed by atoms with Crippen LogP contribution in [0.4, 0.5) is 0 Å². The maximum atomic E-state index is 12.4. The van der Waals surface area contributed by atoms with Gasteiger partial charge in [0, 0.05) is 25.9 Å². The second kappa shape index (κ2) is 6.34. The van der Waals surface area contributed by atoms with Crippen molar-refractivity contribution in [3.63, 3.8) is 0 Å². The summed E-state index contributed by atoms with van der Waals surface area (Å²) in [6.45, 7) is 4.01. The van der Waals surface area contributed by atoms with Crippen LogP contribution in [0.2, 0.25) is 0 Å². The molecule has 2 heterocycles. The van der Waals surface area contributed by atoms with Crippen LogP contribution in [0.15, 0.2) is 16.7 Å². The first kappa shape index (κ1) is 14.3. The molecule has 1 amide bonds. The topological polar surface area (TPSA) is 51.7 Å². The molecule has 104 valence electrons. The number of carbonyl (C=O) groups is 1. The van der Waals surface area contributed by atoms with Crippen LogP contribution < -0.4 is 4.74 Å². The number of pyridine rings is 1. The highest BCUT2D eigenvalue weighted by atomic mass is 79.9. The summed E-state index contributed by atoms with van der Waals surface area (Å²) in [5, 5.41) is 0. The van der Waals surface area contributed by atoms with Crippen molar-refractivity contribution in [3.05, 3.63) is 22.3 Å². The number of rotatable bonds is 2. The molecule has 1 atom stereocenters. The van der Waals surface area contributed by atoms with Gasteiger partial charge in [0.1, 0.15) is 0 Å². The van der Waals surface area contributed by atoms with Gasteiger partial charge in [0.25, 0.3) is 5.91 Å². The number of methoxy groups -OCH3 is 1. The standard InChI is InChI=1S/C13H17BrN2O3/c1-9-8-16(4-3-5-19-9)13(17)10-6-11(14)12(18-2)15-7-10/h6-7,9H,3-5,8H2,1-2H3. The number of hydrogen-bond acceptors (Lipinski definition) is 4. The summed E-state index contributed by atoms with van der Waals surface area (Å²) in [6, 6.07) is 1.74. The molecule has 0 spiro atoms. The number of carbonyl (C=O) groups excluding carboxylic acids is 1. The Morgan fingerprint density at radius 2 is 2.42 bits per heavy atom. The van der Waals surface area contributed by atoms with Crippen LogP contribution in [0.25, 0.3) is 0 Å². The molecular formula is C13H17BrN2O3. The Morgan fingerprint density at radius 1 is 1.63 bits per heavy atom. The van der Waals surface area contributed by atoms with Gasteiger partial charge >= 0.3 is 0 Å². The van der Waals surface area contributed by atoms with Gasteiger partial charge in [0.2, 0.25) is 5.88 Å². The van der Waals surface area contributed by atoms with Gasteiger partial charge in [-0.1, -0.05) is 0 Å². The molecule has 0 aromatic carbocycles. The number of hydrogen-bond donors (Lipinski definition) is 0. The molecule has 1 aromatic rings. The number of nitrogens with zero attached hydrogens (tertiary/aromatic N) is 2. The second-order valence-corrected chi connectivity index (χ2v) is 5.36. The van der Waals surface area contributed by atoms with E-state index in [9.17, 15) is 4.79 Å². The minimum Gasteiger partial charge on any atom is -0.480 e. The minimum absolute atomic E-state index is 0.0202. The molecule has 6 heteroatoms. The summed E-state index contributed by atoms with van der Waals surface area (Å²) >= 11 is 3.34. The van der Waals surface area contributed by atoms with Gasteiger partial charge in [-0.15, -0.1) is 0 Å². The van der Waals surface area contributed by atoms with Gasteiger partial charge in [0.05, 0.1) is 23.2 Å². The third-order valence-corrected chi connectivity index (χ3v) is 3.56. The van der Waals surface area contributed by atoms with E-state index in [1.54, 1.807) is 19.4 Å². The van der Waals surface area contributed by atoms with Crippen molar-refractivity contribution in [2.24, 2.45) is 0 Å². The first-order valence-corrected chi connectivity index (χ1v) is 7.01. The molecule has 1 unspecified atom stereocenters. The van der Waals surface area contributed by atoms with Gasteiger partial charge in [-0.3, -0.25) is 4.79 Å². The molecule has 1 saturated heterocycles. The van der Waals surface area contributed by atoms with E-state index < -0.39 is 0 Å². The highest BCUT2D eigenvalue weighted by Crippen LogP contribution is 2.23. The molecule has 1 aliphatic rings. The molecule has 19 heavy (non-hydrogen) atoms. The smallest absolute Gasteiger partial charge is 0.255 e. The van der Waals surface area contributed by atoms with E-state index in [2.05, 4.69) is 20.9 Å². The predicted octanol–water partition coefficient (Wildman–Crippen LogP) is 2.10. The Labute approximate surface area is 121 Å². The van der Waals surface area contributed by atoms with Crippen LogP contribution in [0.5, 0.6) is 5.88 Å². The molecule has 1 fully saturated rings. The lowest BCUT2D eigenvalue weighted by Gasteiger charge is -2.22. The zero-order valence-corrected chi connectivity index (χ0v) is 12.6. The molecule has 2 rings (SSSR count). The van der Waals surface area contributed by atoms with Crippen molar-refractivity contribution < 1.29 is 14.3 Å². The Balaban J connectivity index is 2.16. The molecule has 1 aromatic heterocycles. The van der Waals surface area contributed by atoms with Gasteiger partial charge < -0.3 is 14.4 Å². The van der Waals surface area contributed by atoms with E-state index in [0.717, 1.165) is 6.42 Å². The quantitative estimate of drug-likeness (QED) is 0.834. The molecular weight excluding hydrogens is 312 g/mol. The van der Waals surface area contributed by atoms with Crippen LogP contribution in [-0.4, -0.2) is 48.7 Å². The Bertz CT molecular complexity index is 467. The van der Waals surface area contributed by atoms with Gasteiger partial charge in [0.15, 0.2) is 0 Å². The third-order valence-electron chi connectivity index (χ3n) is 2.99. The van der Waals surface area contributed by atoms with E-state index in [1.165, 1.54) is 0 Å². The highest BCUT2D eigenvalue weighted by Gasteiger charge is 2.22. The molecule has 0 N–H and O–H groups in total. The van der Waals surface area contributed by atoms with Crippen LogP contribution in [-0.2, 0) is 4.74 Å². The summed E-state index contributed by atoms with van der Waals surface area (Å²) < 4.78 is 11.3. The van der Waals surface area contributed by atoms with Crippen molar-refractivity contribution >= 4 is 21.8 Å². The average molecular weight is 329 g/mol. The molecule has 1 aliphatic heterocycles. The molecule has 0 saturated carbocycles. The van der Waals surface area contributed by atoms with Crippen molar-refractivity contribution in [3.8, 4) is 5.88 Å². The van der Waals surface area contributed by atoms with Gasteiger partial charge in [-0.2, -0.15) is 0 Å². The lowest BCUT2D eigenvalue weighted by molar-refractivity contribution is 0.0562. The first-order chi connectivity index (χ1) is 9.11. The van der Waals surface area contributed by atoms with Crippen LogP contribution in [0.3, 0.4) is 0 Å². The van der Waals surface area contributed by atoms with Crippen molar-refractivity contribution in [1.82, 2.24) is 9.88 Å². The maximum absolute atomic E-state index is 12.4. The largest absolute Gasteiger partial charge is 0.480 e. The predicted molar refractivity (Wildman–Crippen MR) is 74.4 cm³/mol. The van der Waals surface area contributed by atoms with Gasteiger partial charge in [-0.25, -0.2) is 4.98 Å². The normalized spacial score (nSPS) is 19.9. The maximum Gasteiger partial charge on any atom is 0.255 e. The first-order valence-electron chi connectivity index (χ1n) is 6.22.